The first kappa shape index (κ1) is 13.1. The van der Waals surface area contributed by atoms with Gasteiger partial charge in [-0.25, -0.2) is 4.99 Å². The fraction of sp³-hybridized carbons (Fsp3) is 0.357. The molecule has 0 unspecified atom stereocenters. The van der Waals surface area contributed by atoms with Gasteiger partial charge in [0.25, 0.3) is 0 Å². The van der Waals surface area contributed by atoms with Crippen molar-refractivity contribution in [2.75, 3.05) is 20.6 Å². The lowest BCUT2D eigenvalue weighted by atomic mass is 10.1. The maximum absolute atomic E-state index is 6.02. The second-order valence-electron chi connectivity index (χ2n) is 4.48. The lowest BCUT2D eigenvalue weighted by Gasteiger charge is -2.21. The summed E-state index contributed by atoms with van der Waals surface area (Å²) in [4.78, 5) is 6.54. The van der Waals surface area contributed by atoms with Gasteiger partial charge in [-0.2, -0.15) is 0 Å². The van der Waals surface area contributed by atoms with Gasteiger partial charge in [-0.15, -0.1) is 0 Å². The van der Waals surface area contributed by atoms with Crippen LogP contribution in [0, 0.1) is 0 Å². The van der Waals surface area contributed by atoms with Gasteiger partial charge in [0.05, 0.1) is 12.2 Å². The molecule has 0 bridgehead atoms. The zero-order chi connectivity index (χ0) is 13.1. The van der Waals surface area contributed by atoms with Gasteiger partial charge in [-0.05, 0) is 44.8 Å². The largest absolute Gasteiger partial charge is 0.441 e. The SMILES string of the molecule is CC/C=C1\OC(CN(C)C)=Nc2ccc(Cl)cc21. The molecule has 96 valence electrons. The lowest BCUT2D eigenvalue weighted by molar-refractivity contribution is 0.407. The van der Waals surface area contributed by atoms with E-state index in [1.165, 1.54) is 0 Å². The molecule has 3 nitrogen and oxygen atoms in total. The maximum atomic E-state index is 6.02. The van der Waals surface area contributed by atoms with Crippen molar-refractivity contribution < 1.29 is 4.74 Å². The topological polar surface area (TPSA) is 24.8 Å². The van der Waals surface area contributed by atoms with E-state index in [9.17, 15) is 0 Å². The monoisotopic (exact) mass is 264 g/mol. The number of fused-ring (bicyclic) bond motifs is 1. The quantitative estimate of drug-likeness (QED) is 0.831. The molecule has 1 aliphatic heterocycles. The van der Waals surface area contributed by atoms with Gasteiger partial charge in [0, 0.05) is 10.6 Å². The zero-order valence-corrected chi connectivity index (χ0v) is 11.7. The van der Waals surface area contributed by atoms with Crippen LogP contribution in [0.25, 0.3) is 5.76 Å². The Balaban J connectivity index is 2.43. The van der Waals surface area contributed by atoms with Crippen LogP contribution in [0.15, 0.2) is 29.3 Å². The van der Waals surface area contributed by atoms with Gasteiger partial charge in [-0.3, -0.25) is 0 Å². The molecule has 4 heteroatoms. The summed E-state index contributed by atoms with van der Waals surface area (Å²) >= 11 is 6.02. The molecule has 0 radical (unpaired) electrons. The van der Waals surface area contributed by atoms with E-state index in [0.717, 1.165) is 29.3 Å². The Labute approximate surface area is 113 Å². The standard InChI is InChI=1S/C14H17ClN2O/c1-4-5-13-11-8-10(15)6-7-12(11)16-14(18-13)9-17(2)3/h5-8H,4,9H2,1-3H3/b13-5-. The molecular formula is C14H17ClN2O. The third-order valence-corrected chi connectivity index (χ3v) is 2.77. The Morgan fingerprint density at radius 2 is 2.17 bits per heavy atom. The van der Waals surface area contributed by atoms with Gasteiger partial charge in [0.1, 0.15) is 5.76 Å². The second-order valence-corrected chi connectivity index (χ2v) is 4.92. The molecule has 1 aliphatic rings. The molecule has 0 atom stereocenters. The van der Waals surface area contributed by atoms with Crippen LogP contribution < -0.4 is 0 Å². The van der Waals surface area contributed by atoms with Crippen molar-refractivity contribution in [3.05, 3.63) is 34.9 Å². The summed E-state index contributed by atoms with van der Waals surface area (Å²) < 4.78 is 5.83. The number of hydrogen-bond acceptors (Lipinski definition) is 3. The summed E-state index contributed by atoms with van der Waals surface area (Å²) in [5.41, 5.74) is 1.88. The number of nitrogens with zero attached hydrogens (tertiary/aromatic N) is 2. The minimum atomic E-state index is 0.684. The van der Waals surface area contributed by atoms with Gasteiger partial charge in [0.2, 0.25) is 5.90 Å². The number of rotatable bonds is 3. The minimum absolute atomic E-state index is 0.684. The first-order valence-corrected chi connectivity index (χ1v) is 6.38. The Morgan fingerprint density at radius 1 is 1.39 bits per heavy atom. The van der Waals surface area contributed by atoms with Crippen molar-refractivity contribution in [1.82, 2.24) is 4.90 Å². The van der Waals surface area contributed by atoms with Gasteiger partial charge >= 0.3 is 0 Å². The van der Waals surface area contributed by atoms with Crippen molar-refractivity contribution in [3.8, 4) is 0 Å². The normalized spacial score (nSPS) is 16.5. The smallest absolute Gasteiger partial charge is 0.209 e. The number of hydrogen-bond donors (Lipinski definition) is 0. The Morgan fingerprint density at radius 3 is 2.83 bits per heavy atom. The highest BCUT2D eigenvalue weighted by atomic mass is 35.5. The molecule has 0 fully saturated rings. The predicted molar refractivity (Wildman–Crippen MR) is 76.5 cm³/mol. The Hall–Kier alpha value is -1.32. The average Bonchev–Trinajstić information content (AvgIpc) is 2.29. The Bertz CT molecular complexity index is 507. The van der Waals surface area contributed by atoms with E-state index in [1.807, 2.05) is 37.2 Å². The van der Waals surface area contributed by atoms with Crippen LogP contribution in [0.2, 0.25) is 5.02 Å². The van der Waals surface area contributed by atoms with Crippen LogP contribution >= 0.6 is 11.6 Å². The average molecular weight is 265 g/mol. The second kappa shape index (κ2) is 5.55. The molecule has 0 saturated carbocycles. The van der Waals surface area contributed by atoms with E-state index in [1.54, 1.807) is 0 Å². The third-order valence-electron chi connectivity index (χ3n) is 2.54. The van der Waals surface area contributed by atoms with E-state index >= 15 is 0 Å². The molecule has 2 rings (SSSR count). The summed E-state index contributed by atoms with van der Waals surface area (Å²) in [7, 11) is 3.99. The number of halogens is 1. The summed E-state index contributed by atoms with van der Waals surface area (Å²) in [5.74, 6) is 1.57. The summed E-state index contributed by atoms with van der Waals surface area (Å²) in [6, 6.07) is 5.68. The summed E-state index contributed by atoms with van der Waals surface area (Å²) in [6.07, 6.45) is 2.97. The van der Waals surface area contributed by atoms with Crippen LogP contribution in [0.1, 0.15) is 18.9 Å². The first-order chi connectivity index (χ1) is 8.60. The van der Waals surface area contributed by atoms with E-state index < -0.39 is 0 Å². The van der Waals surface area contributed by atoms with Crippen molar-refractivity contribution in [1.29, 1.82) is 0 Å². The molecule has 18 heavy (non-hydrogen) atoms. The molecule has 1 aromatic rings. The molecule has 0 aliphatic carbocycles. The fourth-order valence-corrected chi connectivity index (χ4v) is 1.99. The van der Waals surface area contributed by atoms with Crippen molar-refractivity contribution in [2.24, 2.45) is 4.99 Å². The minimum Gasteiger partial charge on any atom is -0.441 e. The highest BCUT2D eigenvalue weighted by molar-refractivity contribution is 6.30. The molecular weight excluding hydrogens is 248 g/mol. The van der Waals surface area contributed by atoms with Crippen LogP contribution in [0.4, 0.5) is 5.69 Å². The summed E-state index contributed by atoms with van der Waals surface area (Å²) in [6.45, 7) is 2.76. The third kappa shape index (κ3) is 2.92. The highest BCUT2D eigenvalue weighted by Crippen LogP contribution is 2.34. The van der Waals surface area contributed by atoms with Crippen molar-refractivity contribution in [2.45, 2.75) is 13.3 Å². The number of benzene rings is 1. The van der Waals surface area contributed by atoms with Gasteiger partial charge in [-0.1, -0.05) is 18.5 Å². The van der Waals surface area contributed by atoms with Crippen LogP contribution in [0.5, 0.6) is 0 Å². The molecule has 1 aromatic carbocycles. The van der Waals surface area contributed by atoms with Gasteiger partial charge < -0.3 is 9.64 Å². The van der Waals surface area contributed by atoms with E-state index in [4.69, 9.17) is 16.3 Å². The molecule has 0 aromatic heterocycles. The number of ether oxygens (including phenoxy) is 1. The van der Waals surface area contributed by atoms with E-state index in [-0.39, 0.29) is 0 Å². The molecule has 0 spiro atoms. The lowest BCUT2D eigenvalue weighted by Crippen LogP contribution is -2.24. The zero-order valence-electron chi connectivity index (χ0n) is 10.9. The first-order valence-electron chi connectivity index (χ1n) is 6.00. The number of aliphatic imine (C=N–C) groups is 1. The number of likely N-dealkylation sites (N-methyl/N-ethyl adjacent to an activating group) is 1. The van der Waals surface area contributed by atoms with Crippen LogP contribution in [0.3, 0.4) is 0 Å². The van der Waals surface area contributed by atoms with Crippen molar-refractivity contribution in [3.63, 3.8) is 0 Å². The molecule has 0 amide bonds. The number of allylic oxidation sites excluding steroid dienone is 1. The predicted octanol–water partition coefficient (Wildman–Crippen LogP) is 3.71. The Kier molecular flexibility index (Phi) is 4.04. The fourth-order valence-electron chi connectivity index (χ4n) is 1.82. The van der Waals surface area contributed by atoms with Crippen molar-refractivity contribution >= 4 is 28.9 Å². The van der Waals surface area contributed by atoms with Crippen LogP contribution in [-0.2, 0) is 4.74 Å². The molecule has 1 heterocycles. The molecule has 0 N–H and O–H groups in total. The summed E-state index contributed by atoms with van der Waals surface area (Å²) in [5, 5.41) is 0.700. The van der Waals surface area contributed by atoms with Gasteiger partial charge in [0.15, 0.2) is 0 Å². The highest BCUT2D eigenvalue weighted by Gasteiger charge is 2.18. The molecule has 0 saturated heterocycles. The van der Waals surface area contributed by atoms with E-state index in [2.05, 4.69) is 18.0 Å². The van der Waals surface area contributed by atoms with Crippen LogP contribution in [-0.4, -0.2) is 31.4 Å². The maximum Gasteiger partial charge on any atom is 0.209 e. The van der Waals surface area contributed by atoms with E-state index in [0.29, 0.717) is 11.6 Å².